The molecule has 0 atom stereocenters. The van der Waals surface area contributed by atoms with Crippen LogP contribution in [0.15, 0.2) is 30.3 Å². The highest BCUT2D eigenvalue weighted by Gasteiger charge is 2.34. The molecule has 1 amide bonds. The molecular weight excluding hydrogens is 352 g/mol. The van der Waals surface area contributed by atoms with Crippen molar-refractivity contribution in [2.45, 2.75) is 33.0 Å². The Balaban J connectivity index is 2.17. The first-order chi connectivity index (χ1) is 12.1. The van der Waals surface area contributed by atoms with E-state index in [1.807, 2.05) is 0 Å². The Morgan fingerprint density at radius 2 is 1.88 bits per heavy atom. The molecule has 8 heteroatoms. The van der Waals surface area contributed by atoms with E-state index in [1.54, 1.807) is 6.92 Å². The summed E-state index contributed by atoms with van der Waals surface area (Å²) in [6.45, 7) is 2.63. The Bertz CT molecular complexity index is 848. The second-order valence-electron chi connectivity index (χ2n) is 5.83. The summed E-state index contributed by atoms with van der Waals surface area (Å²) < 4.78 is 52.1. The predicted octanol–water partition coefficient (Wildman–Crippen LogP) is 3.61. The maximum atomic E-state index is 14.0. The lowest BCUT2D eigenvalue weighted by Crippen LogP contribution is -2.24. The summed E-state index contributed by atoms with van der Waals surface area (Å²) >= 11 is 0. The number of benzene rings is 1. The summed E-state index contributed by atoms with van der Waals surface area (Å²) in [5, 5.41) is 2.38. The first kappa shape index (κ1) is 19.6. The van der Waals surface area contributed by atoms with Gasteiger partial charge in [-0.05, 0) is 32.0 Å². The van der Waals surface area contributed by atoms with Gasteiger partial charge in [-0.3, -0.25) is 14.6 Å². The van der Waals surface area contributed by atoms with Gasteiger partial charge in [-0.2, -0.15) is 13.2 Å². The van der Waals surface area contributed by atoms with Gasteiger partial charge in [0, 0.05) is 35.5 Å². The van der Waals surface area contributed by atoms with Gasteiger partial charge in [-0.1, -0.05) is 12.1 Å². The molecule has 0 radical (unpaired) electrons. The lowest BCUT2D eigenvalue weighted by molar-refractivity contribution is -0.140. The van der Waals surface area contributed by atoms with Crippen molar-refractivity contribution in [2.24, 2.45) is 0 Å². The number of alkyl halides is 3. The van der Waals surface area contributed by atoms with Crippen LogP contribution in [0, 0.1) is 12.7 Å². The van der Waals surface area contributed by atoms with Crippen molar-refractivity contribution in [1.82, 2.24) is 10.3 Å². The monoisotopic (exact) mass is 368 g/mol. The average molecular weight is 368 g/mol. The summed E-state index contributed by atoms with van der Waals surface area (Å²) in [5.74, 6) is -2.14. The average Bonchev–Trinajstić information content (AvgIpc) is 2.51. The van der Waals surface area contributed by atoms with Crippen LogP contribution in [0.25, 0.3) is 0 Å². The van der Waals surface area contributed by atoms with Crippen LogP contribution in [0.2, 0.25) is 0 Å². The molecule has 1 aromatic heterocycles. The molecular formula is C18H16F4N2O2. The molecule has 1 heterocycles. The molecule has 0 saturated carbocycles. The number of hydrogen-bond acceptors (Lipinski definition) is 3. The van der Waals surface area contributed by atoms with Crippen LogP contribution in [0.3, 0.4) is 0 Å². The molecule has 0 unspecified atom stereocenters. The highest BCUT2D eigenvalue weighted by Crippen LogP contribution is 2.32. The number of carbonyl (C=O) groups excluding carboxylic acids is 2. The molecule has 1 aromatic carbocycles. The first-order valence-corrected chi connectivity index (χ1v) is 7.67. The Labute approximate surface area is 147 Å². The normalized spacial score (nSPS) is 11.3. The fourth-order valence-corrected chi connectivity index (χ4v) is 2.43. The highest BCUT2D eigenvalue weighted by atomic mass is 19.4. The zero-order valence-corrected chi connectivity index (χ0v) is 14.1. The number of ketones is 1. The van der Waals surface area contributed by atoms with Crippen molar-refractivity contribution in [2.75, 3.05) is 0 Å². The molecule has 26 heavy (non-hydrogen) atoms. The van der Waals surface area contributed by atoms with E-state index in [4.69, 9.17) is 0 Å². The summed E-state index contributed by atoms with van der Waals surface area (Å²) in [6, 6.07) is 5.79. The van der Waals surface area contributed by atoms with Gasteiger partial charge < -0.3 is 5.32 Å². The molecule has 0 aliphatic carbocycles. The van der Waals surface area contributed by atoms with Crippen molar-refractivity contribution < 1.29 is 27.2 Å². The number of pyridine rings is 1. The predicted molar refractivity (Wildman–Crippen MR) is 85.9 cm³/mol. The minimum absolute atomic E-state index is 0.0597. The van der Waals surface area contributed by atoms with Crippen molar-refractivity contribution in [3.8, 4) is 0 Å². The number of carbonyl (C=O) groups is 2. The first-order valence-electron chi connectivity index (χ1n) is 7.67. The molecule has 0 bridgehead atoms. The van der Waals surface area contributed by atoms with E-state index in [0.717, 1.165) is 6.07 Å². The Kier molecular flexibility index (Phi) is 5.74. The second-order valence-corrected chi connectivity index (χ2v) is 5.83. The van der Waals surface area contributed by atoms with Crippen molar-refractivity contribution in [1.29, 1.82) is 0 Å². The van der Waals surface area contributed by atoms with Crippen LogP contribution in [0.4, 0.5) is 17.6 Å². The van der Waals surface area contributed by atoms with Crippen LogP contribution in [-0.4, -0.2) is 16.7 Å². The molecule has 1 N–H and O–H groups in total. The van der Waals surface area contributed by atoms with Crippen molar-refractivity contribution in [3.05, 3.63) is 64.2 Å². The van der Waals surface area contributed by atoms with E-state index in [1.165, 1.54) is 25.1 Å². The van der Waals surface area contributed by atoms with Gasteiger partial charge in [0.2, 0.25) is 0 Å². The van der Waals surface area contributed by atoms with Crippen LogP contribution < -0.4 is 5.32 Å². The number of nitrogens with zero attached hydrogens (tertiary/aromatic N) is 1. The third kappa shape index (κ3) is 4.87. The van der Waals surface area contributed by atoms with Crippen LogP contribution in [-0.2, 0) is 23.9 Å². The third-order valence-electron chi connectivity index (χ3n) is 3.52. The lowest BCUT2D eigenvalue weighted by Gasteiger charge is -2.12. The zero-order valence-electron chi connectivity index (χ0n) is 14.1. The second kappa shape index (κ2) is 7.63. The van der Waals surface area contributed by atoms with Gasteiger partial charge in [0.05, 0.1) is 5.56 Å². The minimum atomic E-state index is -4.81. The van der Waals surface area contributed by atoms with Gasteiger partial charge in [0.1, 0.15) is 11.6 Å². The molecule has 2 aromatic rings. The number of rotatable bonds is 5. The minimum Gasteiger partial charge on any atom is -0.348 e. The zero-order chi connectivity index (χ0) is 19.5. The van der Waals surface area contributed by atoms with Gasteiger partial charge in [-0.25, -0.2) is 4.39 Å². The number of amides is 1. The molecule has 2 rings (SSSR count). The van der Waals surface area contributed by atoms with Gasteiger partial charge in [-0.15, -0.1) is 0 Å². The van der Waals surface area contributed by atoms with E-state index in [0.29, 0.717) is 17.5 Å². The molecule has 138 valence electrons. The molecule has 4 nitrogen and oxygen atoms in total. The number of hydrogen-bond donors (Lipinski definition) is 1. The Morgan fingerprint density at radius 1 is 1.19 bits per heavy atom. The van der Waals surface area contributed by atoms with E-state index in [-0.39, 0.29) is 23.3 Å². The van der Waals surface area contributed by atoms with E-state index in [2.05, 4.69) is 10.3 Å². The van der Waals surface area contributed by atoms with E-state index < -0.39 is 30.0 Å². The van der Waals surface area contributed by atoms with Crippen LogP contribution >= 0.6 is 0 Å². The number of aromatic nitrogens is 1. The Morgan fingerprint density at radius 3 is 2.50 bits per heavy atom. The molecule has 0 fully saturated rings. The third-order valence-corrected chi connectivity index (χ3v) is 3.52. The van der Waals surface area contributed by atoms with E-state index >= 15 is 0 Å². The SMILES string of the molecule is CC(=O)Cc1cc(C(=O)NCc2cccc(C(F)(F)F)c2F)cc(C)n1. The van der Waals surface area contributed by atoms with Gasteiger partial charge in [0.25, 0.3) is 5.91 Å². The topological polar surface area (TPSA) is 59.1 Å². The smallest absolute Gasteiger partial charge is 0.348 e. The summed E-state index contributed by atoms with van der Waals surface area (Å²) in [7, 11) is 0. The largest absolute Gasteiger partial charge is 0.419 e. The summed E-state index contributed by atoms with van der Waals surface area (Å²) in [5.41, 5.74) is -0.538. The highest BCUT2D eigenvalue weighted by molar-refractivity contribution is 5.94. The quantitative estimate of drug-likeness (QED) is 0.821. The number of nitrogens with one attached hydrogen (secondary N) is 1. The fourth-order valence-electron chi connectivity index (χ4n) is 2.43. The lowest BCUT2D eigenvalue weighted by atomic mass is 10.1. The Hall–Kier alpha value is -2.77. The molecule has 0 aliphatic heterocycles. The summed E-state index contributed by atoms with van der Waals surface area (Å²) in [4.78, 5) is 27.6. The van der Waals surface area contributed by atoms with Crippen LogP contribution in [0.1, 0.15) is 39.8 Å². The number of Topliss-reactive ketones (excluding diaryl/α,β-unsaturated/α-hetero) is 1. The number of aryl methyl sites for hydroxylation is 1. The molecule has 0 saturated heterocycles. The van der Waals surface area contributed by atoms with Crippen molar-refractivity contribution in [3.63, 3.8) is 0 Å². The van der Waals surface area contributed by atoms with E-state index in [9.17, 15) is 27.2 Å². The standard InChI is InChI=1S/C18H16F4N2O2/c1-10-6-13(8-14(24-10)7-11(2)25)17(26)23-9-12-4-3-5-15(16(12)19)18(20,21)22/h3-6,8H,7,9H2,1-2H3,(H,23,26). The maximum absolute atomic E-state index is 14.0. The summed E-state index contributed by atoms with van der Waals surface area (Å²) in [6.07, 6.45) is -4.75. The maximum Gasteiger partial charge on any atom is 0.419 e. The molecule has 0 aliphatic rings. The number of halogens is 4. The van der Waals surface area contributed by atoms with Crippen LogP contribution in [0.5, 0.6) is 0 Å². The molecule has 0 spiro atoms. The fraction of sp³-hybridized carbons (Fsp3) is 0.278. The van der Waals surface area contributed by atoms with Gasteiger partial charge >= 0.3 is 6.18 Å². The van der Waals surface area contributed by atoms with Crippen molar-refractivity contribution >= 4 is 11.7 Å². The van der Waals surface area contributed by atoms with Gasteiger partial charge in [0.15, 0.2) is 0 Å².